The van der Waals surface area contributed by atoms with Gasteiger partial charge in [0.05, 0.1) is 18.6 Å². The van der Waals surface area contributed by atoms with Crippen molar-refractivity contribution in [2.24, 2.45) is 0 Å². The fourth-order valence-corrected chi connectivity index (χ4v) is 3.33. The van der Waals surface area contributed by atoms with Crippen molar-refractivity contribution >= 4 is 21.6 Å². The van der Waals surface area contributed by atoms with Gasteiger partial charge in [0.25, 0.3) is 0 Å². The number of amides is 1. The summed E-state index contributed by atoms with van der Waals surface area (Å²) >= 11 is 0. The number of aryl methyl sites for hydroxylation is 1. The first-order valence-corrected chi connectivity index (χ1v) is 8.87. The molecule has 0 aromatic heterocycles. The number of carbonyl (C=O) groups excluding carboxylic acids is 1. The predicted molar refractivity (Wildman–Crippen MR) is 87.4 cm³/mol. The van der Waals surface area contributed by atoms with Crippen molar-refractivity contribution in [3.8, 4) is 0 Å². The maximum atomic E-state index is 12.3. The minimum atomic E-state index is -3.58. The molecule has 124 valence electrons. The van der Waals surface area contributed by atoms with Crippen LogP contribution in [0.3, 0.4) is 0 Å². The highest BCUT2D eigenvalue weighted by atomic mass is 32.2. The SMILES string of the molecule is COC[C@@H](C)NC(=O)[C@@H](C)N(c1ccc(C)cc1)S(C)(=O)=O. The Bertz CT molecular complexity index is 598. The van der Waals surface area contributed by atoms with Gasteiger partial charge in [-0.3, -0.25) is 9.10 Å². The van der Waals surface area contributed by atoms with E-state index in [9.17, 15) is 13.2 Å². The van der Waals surface area contributed by atoms with Crippen molar-refractivity contribution in [3.05, 3.63) is 29.8 Å². The second-order valence-corrected chi connectivity index (χ2v) is 7.29. The lowest BCUT2D eigenvalue weighted by Gasteiger charge is -2.29. The molecule has 7 heteroatoms. The molecule has 1 amide bonds. The third-order valence-electron chi connectivity index (χ3n) is 3.18. The Morgan fingerprint density at radius 1 is 1.27 bits per heavy atom. The minimum absolute atomic E-state index is 0.195. The highest BCUT2D eigenvalue weighted by molar-refractivity contribution is 7.92. The van der Waals surface area contributed by atoms with E-state index in [0.717, 1.165) is 16.1 Å². The third-order valence-corrected chi connectivity index (χ3v) is 4.42. The van der Waals surface area contributed by atoms with Gasteiger partial charge in [0.2, 0.25) is 15.9 Å². The molecule has 0 heterocycles. The van der Waals surface area contributed by atoms with Crippen molar-refractivity contribution in [1.29, 1.82) is 0 Å². The Morgan fingerprint density at radius 2 is 1.82 bits per heavy atom. The molecule has 0 saturated carbocycles. The van der Waals surface area contributed by atoms with Crippen LogP contribution < -0.4 is 9.62 Å². The van der Waals surface area contributed by atoms with Crippen LogP contribution >= 0.6 is 0 Å². The lowest BCUT2D eigenvalue weighted by Crippen LogP contribution is -2.50. The summed E-state index contributed by atoms with van der Waals surface area (Å²) in [5.74, 6) is -0.365. The number of hydrogen-bond acceptors (Lipinski definition) is 4. The number of hydrogen-bond donors (Lipinski definition) is 1. The van der Waals surface area contributed by atoms with E-state index in [4.69, 9.17) is 4.74 Å². The van der Waals surface area contributed by atoms with Gasteiger partial charge >= 0.3 is 0 Å². The quantitative estimate of drug-likeness (QED) is 0.818. The van der Waals surface area contributed by atoms with E-state index in [-0.39, 0.29) is 11.9 Å². The van der Waals surface area contributed by atoms with Gasteiger partial charge in [0.15, 0.2) is 0 Å². The standard InChI is InChI=1S/C15H24N2O4S/c1-11-6-8-14(9-7-11)17(22(5,19)20)13(3)15(18)16-12(2)10-21-4/h6-9,12-13H,10H2,1-5H3,(H,16,18)/t12-,13-/m1/s1. The first kappa shape index (κ1) is 18.4. The van der Waals surface area contributed by atoms with E-state index >= 15 is 0 Å². The number of anilines is 1. The zero-order valence-corrected chi connectivity index (χ0v) is 14.5. The van der Waals surface area contributed by atoms with Crippen LogP contribution in [0.5, 0.6) is 0 Å². The molecular formula is C15H24N2O4S. The smallest absolute Gasteiger partial charge is 0.243 e. The minimum Gasteiger partial charge on any atom is -0.383 e. The van der Waals surface area contributed by atoms with Crippen molar-refractivity contribution in [2.75, 3.05) is 24.3 Å². The van der Waals surface area contributed by atoms with Crippen LogP contribution in [0.25, 0.3) is 0 Å². The molecule has 0 bridgehead atoms. The maximum absolute atomic E-state index is 12.3. The molecule has 0 aliphatic heterocycles. The lowest BCUT2D eigenvalue weighted by molar-refractivity contribution is -0.122. The van der Waals surface area contributed by atoms with Crippen molar-refractivity contribution in [3.63, 3.8) is 0 Å². The van der Waals surface area contributed by atoms with Crippen LogP contribution in [0.2, 0.25) is 0 Å². The molecular weight excluding hydrogens is 304 g/mol. The van der Waals surface area contributed by atoms with Crippen molar-refractivity contribution < 1.29 is 17.9 Å². The third kappa shape index (κ3) is 4.99. The summed E-state index contributed by atoms with van der Waals surface area (Å²) in [7, 11) is -2.04. The van der Waals surface area contributed by atoms with Crippen molar-refractivity contribution in [2.45, 2.75) is 32.9 Å². The molecule has 0 radical (unpaired) electrons. The molecule has 1 aromatic carbocycles. The van der Waals surface area contributed by atoms with E-state index in [1.807, 2.05) is 19.1 Å². The van der Waals surface area contributed by atoms with Gasteiger partial charge in [0, 0.05) is 13.2 Å². The highest BCUT2D eigenvalue weighted by Crippen LogP contribution is 2.21. The topological polar surface area (TPSA) is 75.7 Å². The Labute approximate surface area is 132 Å². The number of sulfonamides is 1. The van der Waals surface area contributed by atoms with Gasteiger partial charge < -0.3 is 10.1 Å². The molecule has 1 aromatic rings. The molecule has 1 rings (SSSR count). The summed E-state index contributed by atoms with van der Waals surface area (Å²) < 4.78 is 30.3. The summed E-state index contributed by atoms with van der Waals surface area (Å²) in [6, 6.07) is 5.96. The molecule has 2 atom stereocenters. The molecule has 1 N–H and O–H groups in total. The van der Waals surface area contributed by atoms with E-state index < -0.39 is 16.1 Å². The highest BCUT2D eigenvalue weighted by Gasteiger charge is 2.29. The Hall–Kier alpha value is -1.60. The summed E-state index contributed by atoms with van der Waals surface area (Å²) in [6.45, 7) is 5.64. The molecule has 0 spiro atoms. The number of benzene rings is 1. The monoisotopic (exact) mass is 328 g/mol. The zero-order valence-electron chi connectivity index (χ0n) is 13.7. The van der Waals surface area contributed by atoms with Crippen LogP contribution in [0.4, 0.5) is 5.69 Å². The van der Waals surface area contributed by atoms with Crippen LogP contribution in [-0.2, 0) is 19.6 Å². The largest absolute Gasteiger partial charge is 0.383 e. The lowest BCUT2D eigenvalue weighted by atomic mass is 10.2. The van der Waals surface area contributed by atoms with E-state index in [2.05, 4.69) is 5.32 Å². The molecule has 0 unspecified atom stereocenters. The average Bonchev–Trinajstić information content (AvgIpc) is 2.39. The average molecular weight is 328 g/mol. The van der Waals surface area contributed by atoms with Crippen LogP contribution in [0.1, 0.15) is 19.4 Å². The second kappa shape index (κ2) is 7.60. The Morgan fingerprint density at radius 3 is 2.27 bits per heavy atom. The summed E-state index contributed by atoms with van der Waals surface area (Å²) in [5, 5.41) is 2.74. The predicted octanol–water partition coefficient (Wildman–Crippen LogP) is 1.30. The van der Waals surface area contributed by atoms with Gasteiger partial charge in [-0.05, 0) is 32.9 Å². The zero-order chi connectivity index (χ0) is 16.9. The number of methoxy groups -OCH3 is 1. The number of nitrogens with one attached hydrogen (secondary N) is 1. The fraction of sp³-hybridized carbons (Fsp3) is 0.533. The molecule has 0 aliphatic carbocycles. The normalized spacial score (nSPS) is 14.2. The number of rotatable bonds is 7. The van der Waals surface area contributed by atoms with Gasteiger partial charge in [0.1, 0.15) is 6.04 Å². The molecule has 6 nitrogen and oxygen atoms in total. The van der Waals surface area contributed by atoms with Crippen LogP contribution in [0, 0.1) is 6.92 Å². The molecule has 0 aliphatic rings. The van der Waals surface area contributed by atoms with E-state index in [1.165, 1.54) is 0 Å². The van der Waals surface area contributed by atoms with Gasteiger partial charge in [-0.15, -0.1) is 0 Å². The van der Waals surface area contributed by atoms with Crippen LogP contribution in [-0.4, -0.2) is 46.4 Å². The number of ether oxygens (including phenoxy) is 1. The van der Waals surface area contributed by atoms with E-state index in [1.54, 1.807) is 33.1 Å². The van der Waals surface area contributed by atoms with E-state index in [0.29, 0.717) is 12.3 Å². The number of nitrogens with zero attached hydrogens (tertiary/aromatic N) is 1. The molecule has 22 heavy (non-hydrogen) atoms. The van der Waals surface area contributed by atoms with Gasteiger partial charge in [-0.1, -0.05) is 17.7 Å². The molecule has 0 fully saturated rings. The summed E-state index contributed by atoms with van der Waals surface area (Å²) in [5.41, 5.74) is 1.48. The fourth-order valence-electron chi connectivity index (χ4n) is 2.16. The first-order valence-electron chi connectivity index (χ1n) is 7.02. The Kier molecular flexibility index (Phi) is 6.37. The Balaban J connectivity index is 3.02. The molecule has 0 saturated heterocycles. The maximum Gasteiger partial charge on any atom is 0.243 e. The summed E-state index contributed by atoms with van der Waals surface area (Å²) in [6.07, 6.45) is 1.09. The first-order chi connectivity index (χ1) is 10.2. The number of carbonyl (C=O) groups is 1. The van der Waals surface area contributed by atoms with Gasteiger partial charge in [-0.25, -0.2) is 8.42 Å². The van der Waals surface area contributed by atoms with Gasteiger partial charge in [-0.2, -0.15) is 0 Å². The van der Waals surface area contributed by atoms with Crippen molar-refractivity contribution in [1.82, 2.24) is 5.32 Å². The second-order valence-electron chi connectivity index (χ2n) is 5.44. The van der Waals surface area contributed by atoms with Crippen LogP contribution in [0.15, 0.2) is 24.3 Å². The summed E-state index contributed by atoms with van der Waals surface area (Å²) in [4.78, 5) is 12.3.